The van der Waals surface area contributed by atoms with Crippen LogP contribution < -0.4 is 11.2 Å². The van der Waals surface area contributed by atoms with Gasteiger partial charge in [0, 0.05) is 26.2 Å². The van der Waals surface area contributed by atoms with Gasteiger partial charge in [-0.15, -0.1) is 0 Å². The Kier molecular flexibility index (Phi) is 6.00. The van der Waals surface area contributed by atoms with Crippen molar-refractivity contribution in [1.29, 1.82) is 0 Å². The van der Waals surface area contributed by atoms with Crippen molar-refractivity contribution in [2.75, 3.05) is 33.2 Å². The Morgan fingerprint density at radius 3 is 2.34 bits per heavy atom. The molecule has 2 aromatic carbocycles. The highest BCUT2D eigenvalue weighted by Gasteiger charge is 2.27. The molecule has 0 bridgehead atoms. The van der Waals surface area contributed by atoms with Crippen molar-refractivity contribution >= 4 is 5.91 Å². The predicted octanol–water partition coefficient (Wildman–Crippen LogP) is 1.28. The Hall–Kier alpha value is -3.59. The lowest BCUT2D eigenvalue weighted by Gasteiger charge is -2.32. The smallest absolute Gasteiger partial charge is 0.335 e. The molecule has 0 aliphatic carbocycles. The number of hydrogen-bond acceptors (Lipinski definition) is 5. The molecule has 166 valence electrons. The second-order valence-electron chi connectivity index (χ2n) is 7.91. The minimum Gasteiger partial charge on any atom is -0.335 e. The Balaban J connectivity index is 1.88. The molecule has 2 heterocycles. The number of rotatable bonds is 4. The van der Waals surface area contributed by atoms with Gasteiger partial charge in [-0.1, -0.05) is 36.4 Å². The normalized spacial score (nSPS) is 14.5. The fourth-order valence-electron chi connectivity index (χ4n) is 3.69. The molecule has 32 heavy (non-hydrogen) atoms. The number of nitrogens with zero attached hydrogens (tertiary/aromatic N) is 5. The van der Waals surface area contributed by atoms with E-state index in [1.54, 1.807) is 18.2 Å². The number of amides is 1. The lowest BCUT2D eigenvalue weighted by molar-refractivity contribution is 0.0652. The number of carbonyl (C=O) groups excluding carboxylic acids is 1. The van der Waals surface area contributed by atoms with Gasteiger partial charge >= 0.3 is 5.69 Å². The second kappa shape index (κ2) is 8.88. The number of carbonyl (C=O) groups is 1. The van der Waals surface area contributed by atoms with Crippen LogP contribution in [0.4, 0.5) is 4.39 Å². The average molecular weight is 437 g/mol. The fraction of sp³-hybridized carbons (Fsp3) is 0.304. The van der Waals surface area contributed by atoms with Gasteiger partial charge in [0.1, 0.15) is 11.5 Å². The molecule has 0 radical (unpaired) electrons. The Bertz CT molecular complexity index is 1280. The van der Waals surface area contributed by atoms with E-state index >= 15 is 0 Å². The average Bonchev–Trinajstić information content (AvgIpc) is 2.79. The third kappa shape index (κ3) is 4.11. The van der Waals surface area contributed by atoms with Crippen molar-refractivity contribution in [2.24, 2.45) is 0 Å². The highest BCUT2D eigenvalue weighted by Crippen LogP contribution is 2.11. The van der Waals surface area contributed by atoms with Crippen LogP contribution in [0.5, 0.6) is 0 Å². The van der Waals surface area contributed by atoms with Gasteiger partial charge in [-0.3, -0.25) is 14.2 Å². The SMILES string of the molecule is Cc1ccccc1Cn1c(=O)c(C(=O)N2CCN(C)CC2)nn(-c2ccccc2F)c1=O. The number of aryl methyl sites for hydroxylation is 1. The van der Waals surface area contributed by atoms with Crippen LogP contribution in [0.25, 0.3) is 5.69 Å². The van der Waals surface area contributed by atoms with E-state index in [1.807, 2.05) is 26.1 Å². The first kappa shape index (κ1) is 21.6. The molecule has 4 rings (SSSR count). The lowest BCUT2D eigenvalue weighted by Crippen LogP contribution is -2.51. The van der Waals surface area contributed by atoms with Crippen molar-refractivity contribution in [3.05, 3.63) is 92.0 Å². The summed E-state index contributed by atoms with van der Waals surface area (Å²) in [5, 5.41) is 4.05. The van der Waals surface area contributed by atoms with Crippen LogP contribution in [0, 0.1) is 12.7 Å². The van der Waals surface area contributed by atoms with Crippen LogP contribution >= 0.6 is 0 Å². The summed E-state index contributed by atoms with van der Waals surface area (Å²) >= 11 is 0. The summed E-state index contributed by atoms with van der Waals surface area (Å²) in [6.45, 7) is 4.02. The van der Waals surface area contributed by atoms with Crippen LogP contribution in [-0.4, -0.2) is 63.3 Å². The predicted molar refractivity (Wildman–Crippen MR) is 118 cm³/mol. The van der Waals surface area contributed by atoms with Crippen LogP contribution in [-0.2, 0) is 6.54 Å². The summed E-state index contributed by atoms with van der Waals surface area (Å²) in [6.07, 6.45) is 0. The zero-order chi connectivity index (χ0) is 22.8. The molecule has 1 aliphatic heterocycles. The highest BCUT2D eigenvalue weighted by molar-refractivity contribution is 5.92. The number of halogens is 1. The molecular formula is C23H24FN5O3. The van der Waals surface area contributed by atoms with Gasteiger partial charge < -0.3 is 9.80 Å². The number of para-hydroxylation sites is 1. The first-order valence-electron chi connectivity index (χ1n) is 10.4. The minimum atomic E-state index is -0.807. The molecule has 1 amide bonds. The van der Waals surface area contributed by atoms with Gasteiger partial charge in [-0.25, -0.2) is 9.18 Å². The van der Waals surface area contributed by atoms with E-state index in [2.05, 4.69) is 10.00 Å². The lowest BCUT2D eigenvalue weighted by atomic mass is 10.1. The van der Waals surface area contributed by atoms with E-state index < -0.39 is 28.7 Å². The van der Waals surface area contributed by atoms with Crippen LogP contribution in [0.3, 0.4) is 0 Å². The zero-order valence-corrected chi connectivity index (χ0v) is 18.0. The first-order chi connectivity index (χ1) is 15.4. The van der Waals surface area contributed by atoms with E-state index in [0.29, 0.717) is 26.2 Å². The molecule has 1 aromatic heterocycles. The second-order valence-corrected chi connectivity index (χ2v) is 7.91. The molecule has 0 spiro atoms. The molecule has 3 aromatic rings. The van der Waals surface area contributed by atoms with Gasteiger partial charge in [0.25, 0.3) is 11.5 Å². The van der Waals surface area contributed by atoms with Crippen molar-refractivity contribution in [3.8, 4) is 5.69 Å². The molecule has 1 fully saturated rings. The van der Waals surface area contributed by atoms with E-state index in [4.69, 9.17) is 0 Å². The van der Waals surface area contributed by atoms with E-state index in [0.717, 1.165) is 20.4 Å². The topological polar surface area (TPSA) is 80.4 Å². The van der Waals surface area contributed by atoms with Crippen LogP contribution in [0.2, 0.25) is 0 Å². The minimum absolute atomic E-state index is 0.0513. The van der Waals surface area contributed by atoms with E-state index in [1.165, 1.54) is 23.1 Å². The number of hydrogen-bond donors (Lipinski definition) is 0. The maximum atomic E-state index is 14.5. The quantitative estimate of drug-likeness (QED) is 0.614. The third-order valence-corrected chi connectivity index (χ3v) is 5.72. The van der Waals surface area contributed by atoms with Gasteiger partial charge in [-0.2, -0.15) is 9.78 Å². The van der Waals surface area contributed by atoms with Crippen molar-refractivity contribution in [1.82, 2.24) is 24.1 Å². The van der Waals surface area contributed by atoms with E-state index in [9.17, 15) is 18.8 Å². The standard InChI is InChI=1S/C23H24FN5O3/c1-16-7-3-4-8-17(16)15-28-22(31)20(21(30)27-13-11-26(2)12-14-27)25-29(23(28)32)19-10-6-5-9-18(19)24/h3-10H,11-15H2,1-2H3. The molecule has 0 atom stereocenters. The molecule has 9 heteroatoms. The van der Waals surface area contributed by atoms with Crippen molar-refractivity contribution in [2.45, 2.75) is 13.5 Å². The molecule has 1 saturated heterocycles. The Labute approximate surface area is 184 Å². The van der Waals surface area contributed by atoms with Gasteiger partial charge in [0.15, 0.2) is 0 Å². The summed E-state index contributed by atoms with van der Waals surface area (Å²) in [7, 11) is 1.95. The molecule has 0 N–H and O–H groups in total. The summed E-state index contributed by atoms with van der Waals surface area (Å²) in [6, 6.07) is 13.0. The van der Waals surface area contributed by atoms with Gasteiger partial charge in [-0.05, 0) is 37.2 Å². The zero-order valence-electron chi connectivity index (χ0n) is 18.0. The van der Waals surface area contributed by atoms with Crippen LogP contribution in [0.15, 0.2) is 58.1 Å². The van der Waals surface area contributed by atoms with E-state index in [-0.39, 0.29) is 12.2 Å². The summed E-state index contributed by atoms with van der Waals surface area (Å²) in [4.78, 5) is 43.3. The maximum absolute atomic E-state index is 14.5. The molecule has 0 saturated carbocycles. The summed E-state index contributed by atoms with van der Waals surface area (Å²) < 4.78 is 16.3. The van der Waals surface area contributed by atoms with Crippen molar-refractivity contribution < 1.29 is 9.18 Å². The molecule has 8 nitrogen and oxygen atoms in total. The number of benzene rings is 2. The molecule has 0 unspecified atom stereocenters. The molecule has 1 aliphatic rings. The highest BCUT2D eigenvalue weighted by atomic mass is 19.1. The third-order valence-electron chi connectivity index (χ3n) is 5.72. The van der Waals surface area contributed by atoms with Gasteiger partial charge in [0.2, 0.25) is 5.69 Å². The van der Waals surface area contributed by atoms with Gasteiger partial charge in [0.05, 0.1) is 6.54 Å². The first-order valence-corrected chi connectivity index (χ1v) is 10.4. The monoisotopic (exact) mass is 437 g/mol. The summed E-state index contributed by atoms with van der Waals surface area (Å²) in [5.41, 5.74) is -0.474. The number of likely N-dealkylation sites (N-methyl/N-ethyl adjacent to an activating group) is 1. The largest absolute Gasteiger partial charge is 0.352 e. The Morgan fingerprint density at radius 1 is 1.00 bits per heavy atom. The molecular weight excluding hydrogens is 413 g/mol. The Morgan fingerprint density at radius 2 is 1.66 bits per heavy atom. The number of aromatic nitrogens is 3. The fourth-order valence-corrected chi connectivity index (χ4v) is 3.69. The van der Waals surface area contributed by atoms with Crippen molar-refractivity contribution in [3.63, 3.8) is 0 Å². The maximum Gasteiger partial charge on any atom is 0.352 e. The summed E-state index contributed by atoms with van der Waals surface area (Å²) in [5.74, 6) is -1.24. The van der Waals surface area contributed by atoms with Crippen LogP contribution in [0.1, 0.15) is 21.6 Å². The number of piperazine rings is 1.